The Morgan fingerprint density at radius 3 is 2.92 bits per heavy atom. The topological polar surface area (TPSA) is 101 Å². The summed E-state index contributed by atoms with van der Waals surface area (Å²) in [4.78, 5) is 27.1. The minimum absolute atomic E-state index is 0.157. The van der Waals surface area contributed by atoms with Crippen molar-refractivity contribution in [2.75, 3.05) is 18.4 Å². The molecule has 0 aliphatic rings. The third-order valence-corrected chi connectivity index (χ3v) is 2.97. The van der Waals surface area contributed by atoms with E-state index in [0.717, 1.165) is 5.56 Å². The zero-order valence-corrected chi connectivity index (χ0v) is 13.0. The van der Waals surface area contributed by atoms with Crippen molar-refractivity contribution in [1.82, 2.24) is 25.4 Å². The van der Waals surface area contributed by atoms with Crippen LogP contribution in [0.1, 0.15) is 12.0 Å². The van der Waals surface area contributed by atoms with Crippen LogP contribution in [0.25, 0.3) is 0 Å². The highest BCUT2D eigenvalue weighted by molar-refractivity contribution is 5.88. The fourth-order valence-corrected chi connectivity index (χ4v) is 1.88. The predicted molar refractivity (Wildman–Crippen MR) is 89.0 cm³/mol. The number of pyridine rings is 1. The quantitative estimate of drug-likeness (QED) is 0.648. The molecular weight excluding hydrogens is 308 g/mol. The summed E-state index contributed by atoms with van der Waals surface area (Å²) in [5.74, 6) is 2.51. The van der Waals surface area contributed by atoms with Crippen LogP contribution in [-0.4, -0.2) is 39.8 Å². The van der Waals surface area contributed by atoms with Crippen LogP contribution in [0, 0.1) is 12.3 Å². The molecule has 0 aliphatic heterocycles. The lowest BCUT2D eigenvalue weighted by molar-refractivity contribution is -0.120. The lowest BCUT2D eigenvalue weighted by Gasteiger charge is -2.05. The van der Waals surface area contributed by atoms with E-state index in [9.17, 15) is 9.59 Å². The molecule has 2 heterocycles. The minimum Gasteiger partial charge on any atom is -0.345 e. The van der Waals surface area contributed by atoms with Gasteiger partial charge in [-0.25, -0.2) is 4.79 Å². The fourth-order valence-electron chi connectivity index (χ4n) is 1.88. The van der Waals surface area contributed by atoms with E-state index < -0.39 is 6.03 Å². The highest BCUT2D eigenvalue weighted by Crippen LogP contribution is 2.05. The summed E-state index contributed by atoms with van der Waals surface area (Å²) >= 11 is 0. The van der Waals surface area contributed by atoms with E-state index in [0.29, 0.717) is 12.4 Å². The second-order valence-corrected chi connectivity index (χ2v) is 4.87. The molecule has 0 unspecified atom stereocenters. The Hall–Kier alpha value is -3.34. The van der Waals surface area contributed by atoms with Gasteiger partial charge in [-0.3, -0.25) is 19.8 Å². The first-order valence-corrected chi connectivity index (χ1v) is 7.35. The van der Waals surface area contributed by atoms with Gasteiger partial charge in [0.1, 0.15) is 0 Å². The van der Waals surface area contributed by atoms with E-state index in [2.05, 4.69) is 32.0 Å². The van der Waals surface area contributed by atoms with Gasteiger partial charge in [-0.1, -0.05) is 12.0 Å². The fraction of sp³-hybridized carbons (Fsp3) is 0.250. The summed E-state index contributed by atoms with van der Waals surface area (Å²) in [5, 5.41) is 11.9. The molecule has 0 fully saturated rings. The first-order chi connectivity index (χ1) is 11.7. The number of urea groups is 1. The second-order valence-electron chi connectivity index (χ2n) is 4.87. The van der Waals surface area contributed by atoms with Gasteiger partial charge in [0.05, 0.1) is 13.1 Å². The van der Waals surface area contributed by atoms with Crippen molar-refractivity contribution in [3.05, 3.63) is 42.4 Å². The average Bonchev–Trinajstić information content (AvgIpc) is 3.00. The molecule has 0 aliphatic carbocycles. The van der Waals surface area contributed by atoms with E-state index in [4.69, 9.17) is 6.42 Å². The molecule has 3 N–H and O–H groups in total. The highest BCUT2D eigenvalue weighted by atomic mass is 16.2. The monoisotopic (exact) mass is 326 g/mol. The maximum Gasteiger partial charge on any atom is 0.320 e. The number of amides is 3. The van der Waals surface area contributed by atoms with Crippen LogP contribution in [0.4, 0.5) is 10.6 Å². The molecule has 2 aromatic rings. The van der Waals surface area contributed by atoms with Crippen molar-refractivity contribution in [3.8, 4) is 12.3 Å². The molecule has 0 radical (unpaired) electrons. The van der Waals surface area contributed by atoms with Gasteiger partial charge >= 0.3 is 6.03 Å². The van der Waals surface area contributed by atoms with Gasteiger partial charge in [-0.2, -0.15) is 5.10 Å². The zero-order valence-electron chi connectivity index (χ0n) is 13.0. The van der Waals surface area contributed by atoms with Gasteiger partial charge in [-0.15, -0.1) is 6.42 Å². The van der Waals surface area contributed by atoms with Gasteiger partial charge in [-0.05, 0) is 11.6 Å². The number of aromatic nitrogens is 3. The largest absolute Gasteiger partial charge is 0.345 e. The summed E-state index contributed by atoms with van der Waals surface area (Å²) in [6.07, 6.45) is 10.4. The molecule has 2 rings (SSSR count). The molecule has 8 nitrogen and oxygen atoms in total. The smallest absolute Gasteiger partial charge is 0.320 e. The van der Waals surface area contributed by atoms with Crippen LogP contribution in [0.15, 0.2) is 36.8 Å². The van der Waals surface area contributed by atoms with Crippen LogP contribution in [0.2, 0.25) is 0 Å². The Balaban J connectivity index is 1.73. The number of hydrogen-bond donors (Lipinski definition) is 3. The molecule has 124 valence electrons. The predicted octanol–water partition coefficient (Wildman–Crippen LogP) is 0.587. The van der Waals surface area contributed by atoms with Gasteiger partial charge in [0.25, 0.3) is 0 Å². The Kier molecular flexibility index (Phi) is 6.35. The number of terminal acetylenes is 1. The lowest BCUT2D eigenvalue weighted by Crippen LogP contribution is -2.33. The van der Waals surface area contributed by atoms with Crippen molar-refractivity contribution < 1.29 is 9.59 Å². The molecule has 0 aromatic carbocycles. The Morgan fingerprint density at radius 1 is 1.29 bits per heavy atom. The van der Waals surface area contributed by atoms with Crippen LogP contribution in [0.5, 0.6) is 0 Å². The molecule has 8 heteroatoms. The van der Waals surface area contributed by atoms with Crippen LogP contribution >= 0.6 is 0 Å². The average molecular weight is 326 g/mol. The van der Waals surface area contributed by atoms with E-state index >= 15 is 0 Å². The molecule has 24 heavy (non-hydrogen) atoms. The van der Waals surface area contributed by atoms with E-state index in [1.54, 1.807) is 29.3 Å². The van der Waals surface area contributed by atoms with Crippen molar-refractivity contribution in [2.45, 2.75) is 13.0 Å². The summed E-state index contributed by atoms with van der Waals surface area (Å²) in [6, 6.07) is 5.06. The standard InChI is InChI=1S/C16H18N6O2/c1-2-7-18-15(23)5-9-19-16(24)20-14-6-10-22(21-14)12-13-4-3-8-17-11-13/h1,3-4,6,8,10-11H,5,7,9,12H2,(H,18,23)(H2,19,20,21,24). The van der Waals surface area contributed by atoms with Crippen molar-refractivity contribution in [3.63, 3.8) is 0 Å². The van der Waals surface area contributed by atoms with Crippen LogP contribution < -0.4 is 16.0 Å². The molecule has 2 aromatic heterocycles. The maximum atomic E-state index is 11.7. The van der Waals surface area contributed by atoms with Gasteiger partial charge in [0.2, 0.25) is 5.91 Å². The van der Waals surface area contributed by atoms with Crippen LogP contribution in [0.3, 0.4) is 0 Å². The minimum atomic E-state index is -0.425. The highest BCUT2D eigenvalue weighted by Gasteiger charge is 2.06. The molecular formula is C16H18N6O2. The zero-order chi connectivity index (χ0) is 17.2. The number of nitrogens with one attached hydrogen (secondary N) is 3. The van der Waals surface area contributed by atoms with E-state index in [1.165, 1.54) is 0 Å². The Bertz CT molecular complexity index is 720. The van der Waals surface area contributed by atoms with Gasteiger partial charge < -0.3 is 10.6 Å². The van der Waals surface area contributed by atoms with E-state index in [1.807, 2.05) is 12.1 Å². The summed E-state index contributed by atoms with van der Waals surface area (Å²) in [5.41, 5.74) is 1.01. The SMILES string of the molecule is C#CCNC(=O)CCNC(=O)Nc1ccn(Cc2cccnc2)n1. The number of carbonyl (C=O) groups excluding carboxylic acids is 2. The first-order valence-electron chi connectivity index (χ1n) is 7.35. The van der Waals surface area contributed by atoms with Crippen molar-refractivity contribution >= 4 is 17.8 Å². The number of hydrogen-bond acceptors (Lipinski definition) is 4. The third kappa shape index (κ3) is 5.81. The number of carbonyl (C=O) groups is 2. The normalized spacial score (nSPS) is 9.79. The van der Waals surface area contributed by atoms with Crippen molar-refractivity contribution in [2.24, 2.45) is 0 Å². The maximum absolute atomic E-state index is 11.7. The Labute approximate surface area is 139 Å². The molecule has 0 spiro atoms. The molecule has 3 amide bonds. The second kappa shape index (κ2) is 8.95. The first kappa shape index (κ1) is 17.0. The van der Waals surface area contributed by atoms with Gasteiger partial charge in [0.15, 0.2) is 5.82 Å². The van der Waals surface area contributed by atoms with E-state index in [-0.39, 0.29) is 25.4 Å². The van der Waals surface area contributed by atoms with Crippen LogP contribution in [-0.2, 0) is 11.3 Å². The summed E-state index contributed by atoms with van der Waals surface area (Å²) < 4.78 is 1.69. The molecule has 0 bridgehead atoms. The number of nitrogens with zero attached hydrogens (tertiary/aromatic N) is 3. The molecule has 0 saturated heterocycles. The number of anilines is 1. The summed E-state index contributed by atoms with van der Waals surface area (Å²) in [7, 11) is 0. The Morgan fingerprint density at radius 2 is 2.17 bits per heavy atom. The van der Waals surface area contributed by atoms with Gasteiger partial charge in [0, 0.05) is 37.6 Å². The third-order valence-electron chi connectivity index (χ3n) is 2.97. The molecule has 0 atom stereocenters. The van der Waals surface area contributed by atoms with Crippen molar-refractivity contribution in [1.29, 1.82) is 0 Å². The summed E-state index contributed by atoms with van der Waals surface area (Å²) in [6.45, 7) is 0.949. The lowest BCUT2D eigenvalue weighted by atomic mass is 10.3. The molecule has 0 saturated carbocycles. The number of rotatable bonds is 7.